The van der Waals surface area contributed by atoms with Crippen LogP contribution in [0.5, 0.6) is 0 Å². The van der Waals surface area contributed by atoms with Crippen LogP contribution in [0.2, 0.25) is 0 Å². The summed E-state index contributed by atoms with van der Waals surface area (Å²) in [5, 5.41) is 0. The van der Waals surface area contributed by atoms with E-state index >= 15 is 0 Å². The summed E-state index contributed by atoms with van der Waals surface area (Å²) in [6.45, 7) is 2.96. The third kappa shape index (κ3) is 1.47. The molecule has 1 aromatic heterocycles. The topological polar surface area (TPSA) is 26.0 Å². The molecule has 0 spiro atoms. The van der Waals surface area contributed by atoms with E-state index in [0.29, 0.717) is 5.41 Å². The number of thiophene rings is 1. The Hall–Kier alpha value is 0.140. The van der Waals surface area contributed by atoms with Crippen LogP contribution in [0.3, 0.4) is 0 Å². The zero-order chi connectivity index (χ0) is 9.47. The molecular formula is C10H14BrNS. The van der Waals surface area contributed by atoms with Crippen molar-refractivity contribution in [2.45, 2.75) is 31.6 Å². The number of halogens is 1. The fraction of sp³-hybridized carbons (Fsp3) is 0.600. The van der Waals surface area contributed by atoms with Crippen molar-refractivity contribution in [3.8, 4) is 0 Å². The maximum absolute atomic E-state index is 5.85. The molecular weight excluding hydrogens is 246 g/mol. The summed E-state index contributed by atoms with van der Waals surface area (Å²) >= 11 is 5.46. The van der Waals surface area contributed by atoms with Crippen molar-refractivity contribution >= 4 is 27.3 Å². The first-order chi connectivity index (χ1) is 6.18. The van der Waals surface area contributed by atoms with Crippen LogP contribution in [-0.4, -0.2) is 6.54 Å². The minimum absolute atomic E-state index is 0.335. The lowest BCUT2D eigenvalue weighted by molar-refractivity contribution is 0.258. The van der Waals surface area contributed by atoms with Crippen LogP contribution in [0.25, 0.3) is 0 Å². The van der Waals surface area contributed by atoms with Gasteiger partial charge in [0.25, 0.3) is 0 Å². The van der Waals surface area contributed by atoms with E-state index in [1.807, 2.05) is 11.3 Å². The molecule has 0 amide bonds. The lowest BCUT2D eigenvalue weighted by Crippen LogP contribution is -2.40. The van der Waals surface area contributed by atoms with Crippen LogP contribution in [0.15, 0.2) is 10.5 Å². The molecule has 2 rings (SSSR count). The second-order valence-corrected chi connectivity index (χ2v) is 5.96. The molecule has 1 nitrogen and oxygen atoms in total. The van der Waals surface area contributed by atoms with Crippen molar-refractivity contribution in [3.05, 3.63) is 20.3 Å². The Bertz CT molecular complexity index is 290. The quantitative estimate of drug-likeness (QED) is 0.868. The van der Waals surface area contributed by atoms with E-state index in [9.17, 15) is 0 Å². The van der Waals surface area contributed by atoms with Gasteiger partial charge in [0.15, 0.2) is 0 Å². The minimum Gasteiger partial charge on any atom is -0.330 e. The molecule has 1 fully saturated rings. The first-order valence-corrected chi connectivity index (χ1v) is 6.25. The highest BCUT2D eigenvalue weighted by Gasteiger charge is 2.38. The van der Waals surface area contributed by atoms with Gasteiger partial charge in [0.1, 0.15) is 0 Å². The molecule has 0 unspecified atom stereocenters. The molecule has 13 heavy (non-hydrogen) atoms. The molecule has 1 aromatic rings. The van der Waals surface area contributed by atoms with Crippen LogP contribution >= 0.6 is 27.3 Å². The molecule has 0 saturated heterocycles. The molecule has 0 aromatic carbocycles. The Morgan fingerprint density at radius 1 is 1.62 bits per heavy atom. The van der Waals surface area contributed by atoms with Gasteiger partial charge >= 0.3 is 0 Å². The maximum Gasteiger partial charge on any atom is 0.0314 e. The predicted octanol–water partition coefficient (Wildman–Crippen LogP) is 3.20. The van der Waals surface area contributed by atoms with Crippen molar-refractivity contribution in [2.24, 2.45) is 5.73 Å². The predicted molar refractivity (Wildman–Crippen MR) is 61.3 cm³/mol. The molecule has 2 N–H and O–H groups in total. The zero-order valence-electron chi connectivity index (χ0n) is 7.77. The second-order valence-electron chi connectivity index (χ2n) is 3.85. The van der Waals surface area contributed by atoms with Crippen LogP contribution in [-0.2, 0) is 5.41 Å². The molecule has 3 heteroatoms. The van der Waals surface area contributed by atoms with E-state index in [2.05, 4.69) is 28.9 Å². The number of nitrogens with two attached hydrogens (primary N) is 1. The molecule has 1 saturated carbocycles. The summed E-state index contributed by atoms with van der Waals surface area (Å²) in [5.74, 6) is 0. The van der Waals surface area contributed by atoms with Crippen LogP contribution in [0.1, 0.15) is 29.0 Å². The molecule has 72 valence electrons. The summed E-state index contributed by atoms with van der Waals surface area (Å²) < 4.78 is 1.24. The van der Waals surface area contributed by atoms with Gasteiger partial charge in [-0.05, 0) is 41.8 Å². The van der Waals surface area contributed by atoms with E-state index in [0.717, 1.165) is 6.54 Å². The average Bonchev–Trinajstić information content (AvgIpc) is 2.31. The second kappa shape index (κ2) is 3.37. The van der Waals surface area contributed by atoms with Crippen LogP contribution in [0, 0.1) is 6.92 Å². The van der Waals surface area contributed by atoms with E-state index in [1.165, 1.54) is 33.5 Å². The fourth-order valence-electron chi connectivity index (χ4n) is 1.88. The van der Waals surface area contributed by atoms with Crippen molar-refractivity contribution in [2.75, 3.05) is 6.54 Å². The lowest BCUT2D eigenvalue weighted by atomic mass is 9.68. The number of hydrogen-bond acceptors (Lipinski definition) is 2. The smallest absolute Gasteiger partial charge is 0.0314 e. The van der Waals surface area contributed by atoms with Crippen molar-refractivity contribution in [3.63, 3.8) is 0 Å². The first-order valence-electron chi connectivity index (χ1n) is 4.64. The molecule has 1 aliphatic rings. The molecule has 0 bridgehead atoms. The summed E-state index contributed by atoms with van der Waals surface area (Å²) in [4.78, 5) is 2.85. The van der Waals surface area contributed by atoms with Gasteiger partial charge in [-0.2, -0.15) is 0 Å². The van der Waals surface area contributed by atoms with Crippen molar-refractivity contribution < 1.29 is 0 Å². The highest BCUT2D eigenvalue weighted by molar-refractivity contribution is 9.10. The van der Waals surface area contributed by atoms with Gasteiger partial charge in [0, 0.05) is 26.2 Å². The third-order valence-corrected chi connectivity index (χ3v) is 5.46. The van der Waals surface area contributed by atoms with Crippen molar-refractivity contribution in [1.29, 1.82) is 0 Å². The summed E-state index contributed by atoms with van der Waals surface area (Å²) in [6.07, 6.45) is 3.89. The normalized spacial score (nSPS) is 19.9. The maximum atomic E-state index is 5.85. The van der Waals surface area contributed by atoms with Gasteiger partial charge in [-0.15, -0.1) is 11.3 Å². The molecule has 1 aliphatic carbocycles. The SMILES string of the molecule is Cc1sc(C2(CN)CCC2)cc1Br. The molecule has 1 heterocycles. The molecule has 0 atom stereocenters. The third-order valence-electron chi connectivity index (χ3n) is 3.08. The lowest BCUT2D eigenvalue weighted by Gasteiger charge is -2.40. The zero-order valence-corrected chi connectivity index (χ0v) is 10.2. The highest BCUT2D eigenvalue weighted by Crippen LogP contribution is 2.46. The fourth-order valence-corrected chi connectivity index (χ4v) is 3.67. The van der Waals surface area contributed by atoms with Crippen LogP contribution in [0.4, 0.5) is 0 Å². The van der Waals surface area contributed by atoms with E-state index in [4.69, 9.17) is 5.73 Å². The summed E-state index contributed by atoms with van der Waals surface area (Å²) in [7, 11) is 0. The van der Waals surface area contributed by atoms with Gasteiger partial charge < -0.3 is 5.73 Å². The highest BCUT2D eigenvalue weighted by atomic mass is 79.9. The Kier molecular flexibility index (Phi) is 2.51. The van der Waals surface area contributed by atoms with E-state index in [1.54, 1.807) is 0 Å². The van der Waals surface area contributed by atoms with E-state index in [-0.39, 0.29) is 0 Å². The monoisotopic (exact) mass is 259 g/mol. The van der Waals surface area contributed by atoms with Gasteiger partial charge in [-0.1, -0.05) is 6.42 Å². The largest absolute Gasteiger partial charge is 0.330 e. The van der Waals surface area contributed by atoms with Crippen LogP contribution < -0.4 is 5.73 Å². The number of aryl methyl sites for hydroxylation is 1. The molecule has 0 aliphatic heterocycles. The summed E-state index contributed by atoms with van der Waals surface area (Å²) in [5.41, 5.74) is 6.19. The summed E-state index contributed by atoms with van der Waals surface area (Å²) in [6, 6.07) is 2.26. The Labute approximate surface area is 91.5 Å². The average molecular weight is 260 g/mol. The number of hydrogen-bond donors (Lipinski definition) is 1. The van der Waals surface area contributed by atoms with Gasteiger partial charge in [-0.25, -0.2) is 0 Å². The van der Waals surface area contributed by atoms with Gasteiger partial charge in [0.2, 0.25) is 0 Å². The Morgan fingerprint density at radius 2 is 2.31 bits per heavy atom. The van der Waals surface area contributed by atoms with Gasteiger partial charge in [0.05, 0.1) is 0 Å². The standard InChI is InChI=1S/C10H14BrNS/c1-7-8(11)5-9(13-7)10(6-12)3-2-4-10/h5H,2-4,6,12H2,1H3. The van der Waals surface area contributed by atoms with Crippen molar-refractivity contribution in [1.82, 2.24) is 0 Å². The number of rotatable bonds is 2. The first kappa shape index (κ1) is 9.69. The minimum atomic E-state index is 0.335. The molecule has 0 radical (unpaired) electrons. The van der Waals surface area contributed by atoms with Gasteiger partial charge in [-0.3, -0.25) is 0 Å². The Balaban J connectivity index is 2.33. The Morgan fingerprint density at radius 3 is 2.62 bits per heavy atom. The van der Waals surface area contributed by atoms with E-state index < -0.39 is 0 Å².